The number of hydrogen-bond acceptors (Lipinski definition) is 3. The van der Waals surface area contributed by atoms with Gasteiger partial charge in [0.2, 0.25) is 0 Å². The van der Waals surface area contributed by atoms with Crippen LogP contribution in [0.25, 0.3) is 0 Å². The zero-order valence-corrected chi connectivity index (χ0v) is 17.0. The largest absolute Gasteiger partial charge is 0.493 e. The molecule has 0 amide bonds. The highest BCUT2D eigenvalue weighted by Gasteiger charge is 2.12. The summed E-state index contributed by atoms with van der Waals surface area (Å²) in [5, 5.41) is 4.68. The van der Waals surface area contributed by atoms with Gasteiger partial charge in [0, 0.05) is 33.8 Å². The number of para-hydroxylation sites is 1. The minimum atomic E-state index is 0. The Labute approximate surface area is 166 Å². The van der Waals surface area contributed by atoms with Gasteiger partial charge in [0.15, 0.2) is 11.5 Å². The number of rotatable bonds is 8. The molecule has 1 N–H and O–H groups in total. The first kappa shape index (κ1) is 21.9. The fourth-order valence-corrected chi connectivity index (χ4v) is 2.71. The van der Waals surface area contributed by atoms with Crippen molar-refractivity contribution in [3.05, 3.63) is 57.6 Å². The Kier molecular flexibility index (Phi) is 9.44. The average Bonchev–Trinajstić information content (AvgIpc) is 2.59. The molecule has 0 aliphatic heterocycles. The van der Waals surface area contributed by atoms with Crippen LogP contribution in [0.4, 0.5) is 0 Å². The molecule has 0 bridgehead atoms. The number of benzene rings is 2. The summed E-state index contributed by atoms with van der Waals surface area (Å²) in [5.41, 5.74) is 1.94. The van der Waals surface area contributed by atoms with E-state index in [2.05, 4.69) is 19.2 Å². The molecule has 1 unspecified atom stereocenters. The summed E-state index contributed by atoms with van der Waals surface area (Å²) < 4.78 is 11.5. The van der Waals surface area contributed by atoms with Gasteiger partial charge in [0.1, 0.15) is 6.61 Å². The third-order valence-electron chi connectivity index (χ3n) is 3.92. The summed E-state index contributed by atoms with van der Waals surface area (Å²) in [6.07, 6.45) is 1.07. The van der Waals surface area contributed by atoms with Crippen LogP contribution in [0.15, 0.2) is 36.4 Å². The van der Waals surface area contributed by atoms with Gasteiger partial charge < -0.3 is 14.8 Å². The Bertz CT molecular complexity index is 680. The molecule has 0 aliphatic rings. The first-order chi connectivity index (χ1) is 11.5. The van der Waals surface area contributed by atoms with Crippen LogP contribution in [-0.2, 0) is 13.2 Å². The first-order valence-corrected chi connectivity index (χ1v) is 8.76. The van der Waals surface area contributed by atoms with Crippen molar-refractivity contribution >= 4 is 35.6 Å². The van der Waals surface area contributed by atoms with E-state index in [-0.39, 0.29) is 12.4 Å². The number of nitrogens with one attached hydrogen (secondary N) is 1. The Hall–Kier alpha value is -1.13. The van der Waals surface area contributed by atoms with Crippen LogP contribution in [0.5, 0.6) is 11.5 Å². The third kappa shape index (κ3) is 6.27. The standard InChI is InChI=1S/C19H23Cl2NO2.ClH/c1-4-13(2)22-11-14-6-5-7-18(23-3)19(14)24-12-15-8-9-16(20)10-17(15)21;/h5-10,13,22H,4,11-12H2,1-3H3;1H. The summed E-state index contributed by atoms with van der Waals surface area (Å²) in [6.45, 7) is 5.39. The molecule has 3 nitrogen and oxygen atoms in total. The molecule has 0 aromatic heterocycles. The van der Waals surface area contributed by atoms with Crippen molar-refractivity contribution in [3.63, 3.8) is 0 Å². The lowest BCUT2D eigenvalue weighted by molar-refractivity contribution is 0.280. The summed E-state index contributed by atoms with van der Waals surface area (Å²) in [5.74, 6) is 1.45. The maximum Gasteiger partial charge on any atom is 0.166 e. The van der Waals surface area contributed by atoms with Gasteiger partial charge in [-0.1, -0.05) is 48.3 Å². The van der Waals surface area contributed by atoms with Crippen molar-refractivity contribution in [2.24, 2.45) is 0 Å². The Morgan fingerprint density at radius 2 is 1.88 bits per heavy atom. The van der Waals surface area contributed by atoms with Crippen molar-refractivity contribution in [2.45, 2.75) is 39.5 Å². The van der Waals surface area contributed by atoms with E-state index >= 15 is 0 Å². The molecule has 138 valence electrons. The molecule has 0 saturated carbocycles. The third-order valence-corrected chi connectivity index (χ3v) is 4.51. The van der Waals surface area contributed by atoms with Crippen molar-refractivity contribution < 1.29 is 9.47 Å². The molecule has 0 saturated heterocycles. The average molecular weight is 405 g/mol. The van der Waals surface area contributed by atoms with Crippen LogP contribution in [0.1, 0.15) is 31.4 Å². The highest BCUT2D eigenvalue weighted by Crippen LogP contribution is 2.32. The molecule has 2 aromatic rings. The lowest BCUT2D eigenvalue weighted by atomic mass is 10.1. The zero-order chi connectivity index (χ0) is 17.5. The second kappa shape index (κ2) is 10.8. The molecule has 25 heavy (non-hydrogen) atoms. The van der Waals surface area contributed by atoms with Gasteiger partial charge in [-0.2, -0.15) is 0 Å². The quantitative estimate of drug-likeness (QED) is 0.595. The summed E-state index contributed by atoms with van der Waals surface area (Å²) in [4.78, 5) is 0. The van der Waals surface area contributed by atoms with Crippen LogP contribution >= 0.6 is 35.6 Å². The monoisotopic (exact) mass is 403 g/mol. The van der Waals surface area contributed by atoms with Crippen molar-refractivity contribution in [1.82, 2.24) is 5.32 Å². The summed E-state index contributed by atoms with van der Waals surface area (Å²) >= 11 is 12.2. The Morgan fingerprint density at radius 3 is 2.52 bits per heavy atom. The van der Waals surface area contributed by atoms with E-state index in [0.29, 0.717) is 28.4 Å². The maximum absolute atomic E-state index is 6.22. The van der Waals surface area contributed by atoms with E-state index in [0.717, 1.165) is 29.8 Å². The van der Waals surface area contributed by atoms with Gasteiger partial charge in [-0.15, -0.1) is 12.4 Å². The van der Waals surface area contributed by atoms with E-state index in [1.165, 1.54) is 0 Å². The van der Waals surface area contributed by atoms with Crippen LogP contribution in [0.2, 0.25) is 10.0 Å². The molecule has 1 atom stereocenters. The van der Waals surface area contributed by atoms with Crippen LogP contribution in [0, 0.1) is 0 Å². The van der Waals surface area contributed by atoms with Crippen LogP contribution in [0.3, 0.4) is 0 Å². The topological polar surface area (TPSA) is 30.5 Å². The highest BCUT2D eigenvalue weighted by atomic mass is 35.5. The molecule has 0 spiro atoms. The predicted octanol–water partition coefficient (Wildman–Crippen LogP) is 5.89. The number of methoxy groups -OCH3 is 1. The summed E-state index contributed by atoms with van der Waals surface area (Å²) in [6, 6.07) is 11.7. The van der Waals surface area contributed by atoms with Gasteiger partial charge in [0.25, 0.3) is 0 Å². The van der Waals surface area contributed by atoms with E-state index in [1.54, 1.807) is 19.2 Å². The molecule has 6 heteroatoms. The number of ether oxygens (including phenoxy) is 2. The molecular formula is C19H24Cl3NO2. The molecule has 0 heterocycles. The minimum Gasteiger partial charge on any atom is -0.493 e. The Morgan fingerprint density at radius 1 is 1.12 bits per heavy atom. The van der Waals surface area contributed by atoms with Crippen LogP contribution < -0.4 is 14.8 Å². The minimum absolute atomic E-state index is 0. The lowest BCUT2D eigenvalue weighted by Crippen LogP contribution is -2.24. The fourth-order valence-electron chi connectivity index (χ4n) is 2.24. The van der Waals surface area contributed by atoms with Crippen molar-refractivity contribution in [2.75, 3.05) is 7.11 Å². The first-order valence-electron chi connectivity index (χ1n) is 8.01. The van der Waals surface area contributed by atoms with Gasteiger partial charge in [-0.25, -0.2) is 0 Å². The highest BCUT2D eigenvalue weighted by molar-refractivity contribution is 6.35. The van der Waals surface area contributed by atoms with E-state index in [1.807, 2.05) is 24.3 Å². The SMILES string of the molecule is CCC(C)NCc1cccc(OC)c1OCc1ccc(Cl)cc1Cl.Cl. The fraction of sp³-hybridized carbons (Fsp3) is 0.368. The molecule has 0 aliphatic carbocycles. The summed E-state index contributed by atoms with van der Waals surface area (Å²) in [7, 11) is 1.64. The number of halogens is 3. The Balaban J connectivity index is 0.00000312. The number of hydrogen-bond donors (Lipinski definition) is 1. The normalized spacial score (nSPS) is 11.6. The van der Waals surface area contributed by atoms with Crippen molar-refractivity contribution in [3.8, 4) is 11.5 Å². The van der Waals surface area contributed by atoms with E-state index < -0.39 is 0 Å². The molecule has 0 fully saturated rings. The van der Waals surface area contributed by atoms with Gasteiger partial charge in [-0.3, -0.25) is 0 Å². The molecule has 0 radical (unpaired) electrons. The van der Waals surface area contributed by atoms with Gasteiger partial charge in [0.05, 0.1) is 7.11 Å². The van der Waals surface area contributed by atoms with Gasteiger partial charge >= 0.3 is 0 Å². The van der Waals surface area contributed by atoms with Crippen molar-refractivity contribution in [1.29, 1.82) is 0 Å². The molecule has 2 rings (SSSR count). The predicted molar refractivity (Wildman–Crippen MR) is 108 cm³/mol. The smallest absolute Gasteiger partial charge is 0.166 e. The van der Waals surface area contributed by atoms with E-state index in [9.17, 15) is 0 Å². The van der Waals surface area contributed by atoms with E-state index in [4.69, 9.17) is 32.7 Å². The zero-order valence-electron chi connectivity index (χ0n) is 14.6. The van der Waals surface area contributed by atoms with Crippen LogP contribution in [-0.4, -0.2) is 13.2 Å². The lowest BCUT2D eigenvalue weighted by Gasteiger charge is -2.17. The molecule has 2 aromatic carbocycles. The molecular weight excluding hydrogens is 381 g/mol. The second-order valence-electron chi connectivity index (χ2n) is 5.66. The van der Waals surface area contributed by atoms with Gasteiger partial charge in [-0.05, 0) is 31.5 Å². The maximum atomic E-state index is 6.22. The second-order valence-corrected chi connectivity index (χ2v) is 6.51.